The number of anilines is 1. The van der Waals surface area contributed by atoms with Gasteiger partial charge in [-0.25, -0.2) is 4.90 Å². The lowest BCUT2D eigenvalue weighted by atomic mass is 10.1. The van der Waals surface area contributed by atoms with Gasteiger partial charge in [-0.05, 0) is 42.0 Å². The molecule has 1 aliphatic heterocycles. The van der Waals surface area contributed by atoms with Crippen LogP contribution in [0, 0.1) is 0 Å². The third kappa shape index (κ3) is 3.52. The molecular weight excluding hydrogens is 391 g/mol. The first-order chi connectivity index (χ1) is 12.2. The Morgan fingerprint density at radius 2 is 1.58 bits per heavy atom. The summed E-state index contributed by atoms with van der Waals surface area (Å²) in [4.78, 5) is 25.7. The number of hydrogen-bond acceptors (Lipinski definition) is 3. The number of hydrogen-bond donors (Lipinski definition) is 0. The zero-order chi connectivity index (χ0) is 19.1. The zero-order valence-corrected chi connectivity index (χ0v) is 14.6. The van der Waals surface area contributed by atoms with Crippen LogP contribution in [0.1, 0.15) is 16.4 Å². The molecule has 0 spiro atoms. The minimum atomic E-state index is -4.53. The molecular formula is C17H11ClF3NO3S. The summed E-state index contributed by atoms with van der Waals surface area (Å²) >= 11 is 5.81. The van der Waals surface area contributed by atoms with Gasteiger partial charge in [0.05, 0.1) is 11.3 Å². The molecule has 2 amide bonds. The molecule has 4 nitrogen and oxygen atoms in total. The van der Waals surface area contributed by atoms with E-state index in [2.05, 4.69) is 0 Å². The zero-order valence-electron chi connectivity index (χ0n) is 13.0. The molecule has 0 unspecified atom stereocenters. The molecule has 136 valence electrons. The number of alkyl halides is 3. The van der Waals surface area contributed by atoms with Gasteiger partial charge in [-0.3, -0.25) is 13.8 Å². The van der Waals surface area contributed by atoms with Crippen molar-refractivity contribution in [3.05, 3.63) is 64.7 Å². The summed E-state index contributed by atoms with van der Waals surface area (Å²) in [5.74, 6) is -1.87. The number of benzene rings is 2. The van der Waals surface area contributed by atoms with Crippen molar-refractivity contribution in [2.45, 2.75) is 11.4 Å². The Kier molecular flexibility index (Phi) is 4.90. The van der Waals surface area contributed by atoms with Gasteiger partial charge in [0.1, 0.15) is 11.0 Å². The maximum atomic E-state index is 12.8. The maximum Gasteiger partial charge on any atom is 0.416 e. The van der Waals surface area contributed by atoms with Crippen LogP contribution in [0.4, 0.5) is 18.9 Å². The monoisotopic (exact) mass is 401 g/mol. The van der Waals surface area contributed by atoms with Crippen molar-refractivity contribution < 1.29 is 27.0 Å². The van der Waals surface area contributed by atoms with Crippen LogP contribution in [-0.4, -0.2) is 21.8 Å². The second-order valence-electron chi connectivity index (χ2n) is 5.57. The van der Waals surface area contributed by atoms with Crippen LogP contribution in [-0.2, 0) is 26.6 Å². The number of carbonyl (C=O) groups excluding carboxylic acids is 2. The smallest absolute Gasteiger partial charge is 0.273 e. The molecule has 1 aliphatic rings. The standard InChI is InChI=1S/C17H11ClF3NO3S/c18-12-5-1-10(2-6-12)15-16(24)22(14(23)9-26(15)25)13-7-3-11(4-8-13)17(19,20)21/h1-8,15H,9H2/t15-,26+/m1/s1. The number of carbonyl (C=O) groups is 2. The molecule has 9 heteroatoms. The summed E-state index contributed by atoms with van der Waals surface area (Å²) in [5.41, 5.74) is -0.471. The lowest BCUT2D eigenvalue weighted by Crippen LogP contribution is -2.49. The molecule has 0 N–H and O–H groups in total. The summed E-state index contributed by atoms with van der Waals surface area (Å²) in [7, 11) is -1.77. The molecule has 1 heterocycles. The number of rotatable bonds is 2. The Hall–Kier alpha value is -2.19. The Labute approximate surface area is 154 Å². The van der Waals surface area contributed by atoms with Crippen molar-refractivity contribution in [1.82, 2.24) is 0 Å². The highest BCUT2D eigenvalue weighted by Crippen LogP contribution is 2.34. The van der Waals surface area contributed by atoms with E-state index in [1.165, 1.54) is 24.3 Å². The molecule has 0 radical (unpaired) electrons. The lowest BCUT2D eigenvalue weighted by Gasteiger charge is -2.30. The third-order valence-corrected chi connectivity index (χ3v) is 5.63. The first kappa shape index (κ1) is 18.6. The predicted octanol–water partition coefficient (Wildman–Crippen LogP) is 3.72. The fraction of sp³-hybridized carbons (Fsp3) is 0.176. The maximum absolute atomic E-state index is 12.8. The van der Waals surface area contributed by atoms with E-state index >= 15 is 0 Å². The van der Waals surface area contributed by atoms with Crippen LogP contribution in [0.25, 0.3) is 0 Å². The van der Waals surface area contributed by atoms with Crippen molar-refractivity contribution in [1.29, 1.82) is 0 Å². The van der Waals surface area contributed by atoms with Crippen LogP contribution in [0.5, 0.6) is 0 Å². The second-order valence-corrected chi connectivity index (χ2v) is 7.53. The molecule has 26 heavy (non-hydrogen) atoms. The summed E-state index contributed by atoms with van der Waals surface area (Å²) in [5, 5.41) is -0.661. The number of imide groups is 1. The minimum absolute atomic E-state index is 0.00339. The van der Waals surface area contributed by atoms with E-state index in [1.807, 2.05) is 0 Å². The molecule has 0 aromatic heterocycles. The third-order valence-electron chi connectivity index (χ3n) is 3.85. The first-order valence-electron chi connectivity index (χ1n) is 7.35. The molecule has 2 aromatic rings. The van der Waals surface area contributed by atoms with Gasteiger partial charge in [0.25, 0.3) is 5.91 Å². The molecule has 1 fully saturated rings. The van der Waals surface area contributed by atoms with E-state index in [0.717, 1.165) is 29.2 Å². The van der Waals surface area contributed by atoms with Crippen molar-refractivity contribution in [3.8, 4) is 0 Å². The number of halogens is 4. The van der Waals surface area contributed by atoms with E-state index in [4.69, 9.17) is 11.6 Å². The summed E-state index contributed by atoms with van der Waals surface area (Å²) < 4.78 is 50.4. The van der Waals surface area contributed by atoms with Gasteiger partial charge in [-0.15, -0.1) is 0 Å². The molecule has 2 aromatic carbocycles. The van der Waals surface area contributed by atoms with Gasteiger partial charge in [0, 0.05) is 15.8 Å². The summed E-state index contributed by atoms with van der Waals surface area (Å²) in [6.45, 7) is 0. The summed E-state index contributed by atoms with van der Waals surface area (Å²) in [6, 6.07) is 9.79. The number of nitrogens with zero attached hydrogens (tertiary/aromatic N) is 1. The topological polar surface area (TPSA) is 54.5 Å². The summed E-state index contributed by atoms with van der Waals surface area (Å²) in [6.07, 6.45) is -4.53. The van der Waals surface area contributed by atoms with Gasteiger partial charge < -0.3 is 0 Å². The van der Waals surface area contributed by atoms with Crippen LogP contribution in [0.15, 0.2) is 48.5 Å². The highest BCUT2D eigenvalue weighted by Gasteiger charge is 2.41. The molecule has 0 aliphatic carbocycles. The van der Waals surface area contributed by atoms with E-state index in [-0.39, 0.29) is 5.69 Å². The molecule has 0 bridgehead atoms. The predicted molar refractivity (Wildman–Crippen MR) is 91.1 cm³/mol. The SMILES string of the molecule is O=C1C[S@](=O)[C@H](c2ccc(Cl)cc2)C(=O)N1c1ccc(C(F)(F)F)cc1. The fourth-order valence-electron chi connectivity index (χ4n) is 2.62. The molecule has 0 saturated carbocycles. The Balaban J connectivity index is 1.96. The Morgan fingerprint density at radius 1 is 1.00 bits per heavy atom. The Bertz CT molecular complexity index is 882. The Morgan fingerprint density at radius 3 is 2.12 bits per heavy atom. The van der Waals surface area contributed by atoms with Gasteiger partial charge in [0.15, 0.2) is 0 Å². The van der Waals surface area contributed by atoms with Crippen molar-refractivity contribution in [2.24, 2.45) is 0 Å². The van der Waals surface area contributed by atoms with E-state index < -0.39 is 45.4 Å². The normalized spacial score (nSPS) is 21.2. The first-order valence-corrected chi connectivity index (χ1v) is 9.11. The molecule has 3 rings (SSSR count). The van der Waals surface area contributed by atoms with Gasteiger partial charge in [-0.2, -0.15) is 13.2 Å². The van der Waals surface area contributed by atoms with Crippen LogP contribution >= 0.6 is 11.6 Å². The quantitative estimate of drug-likeness (QED) is 0.721. The average molecular weight is 402 g/mol. The second kappa shape index (κ2) is 6.85. The fourth-order valence-corrected chi connectivity index (χ4v) is 4.08. The van der Waals surface area contributed by atoms with Crippen molar-refractivity contribution in [3.63, 3.8) is 0 Å². The van der Waals surface area contributed by atoms with Crippen LogP contribution in [0.2, 0.25) is 5.02 Å². The molecule has 2 atom stereocenters. The van der Waals surface area contributed by atoms with Crippen molar-refractivity contribution in [2.75, 3.05) is 10.7 Å². The van der Waals surface area contributed by atoms with Gasteiger partial charge >= 0.3 is 6.18 Å². The highest BCUT2D eigenvalue weighted by atomic mass is 35.5. The highest BCUT2D eigenvalue weighted by molar-refractivity contribution is 7.87. The van der Waals surface area contributed by atoms with Crippen LogP contribution in [0.3, 0.4) is 0 Å². The minimum Gasteiger partial charge on any atom is -0.273 e. The van der Waals surface area contributed by atoms with Crippen LogP contribution < -0.4 is 4.90 Å². The van der Waals surface area contributed by atoms with Gasteiger partial charge in [-0.1, -0.05) is 23.7 Å². The molecule has 1 saturated heterocycles. The lowest BCUT2D eigenvalue weighted by molar-refractivity contribution is -0.137. The number of amides is 2. The van der Waals surface area contributed by atoms with E-state index in [9.17, 15) is 27.0 Å². The largest absolute Gasteiger partial charge is 0.416 e. The average Bonchev–Trinajstić information content (AvgIpc) is 2.56. The van der Waals surface area contributed by atoms with Gasteiger partial charge in [0.2, 0.25) is 5.91 Å². The van der Waals surface area contributed by atoms with E-state index in [0.29, 0.717) is 10.6 Å². The van der Waals surface area contributed by atoms with E-state index in [1.54, 1.807) is 0 Å². The van der Waals surface area contributed by atoms with Crippen molar-refractivity contribution >= 4 is 39.9 Å².